The predicted molar refractivity (Wildman–Crippen MR) is 100 cm³/mol. The van der Waals surface area contributed by atoms with Crippen molar-refractivity contribution < 1.29 is 13.9 Å². The number of fused-ring (bicyclic) bond motifs is 1. The lowest BCUT2D eigenvalue weighted by atomic mass is 9.57. The Hall–Kier alpha value is -1.53. The molecule has 2 N–H and O–H groups in total. The van der Waals surface area contributed by atoms with E-state index >= 15 is 0 Å². The fraction of sp³-hybridized carbons (Fsp3) is 0.750. The first kappa shape index (κ1) is 17.9. The van der Waals surface area contributed by atoms with Crippen LogP contribution in [0.4, 0.5) is 0 Å². The van der Waals surface area contributed by atoms with Crippen molar-refractivity contribution in [3.63, 3.8) is 0 Å². The van der Waals surface area contributed by atoms with Crippen LogP contribution in [0.25, 0.3) is 0 Å². The second-order valence-corrected chi connectivity index (χ2v) is 8.28. The fourth-order valence-corrected chi connectivity index (χ4v) is 4.67. The van der Waals surface area contributed by atoms with Gasteiger partial charge in [-0.3, -0.25) is 4.99 Å². The number of ether oxygens (including phenoxy) is 2. The summed E-state index contributed by atoms with van der Waals surface area (Å²) < 4.78 is 16.8. The molecule has 3 heterocycles. The van der Waals surface area contributed by atoms with Crippen LogP contribution < -0.4 is 10.6 Å². The van der Waals surface area contributed by atoms with Crippen molar-refractivity contribution in [3.05, 3.63) is 24.2 Å². The summed E-state index contributed by atoms with van der Waals surface area (Å²) >= 11 is 0. The zero-order valence-electron chi connectivity index (χ0n) is 15.9. The standard InChI is InChI=1S/C20H31N3O3/c1-20(2)17(16-8-13-26-18(16)20)23-19(22-14-6-11-24-12-7-14)21-9-5-15-4-3-10-25-15/h3-4,10,14,16-18H,5-9,11-13H2,1-2H3,(H2,21,22,23). The Balaban J connectivity index is 1.41. The molecule has 0 amide bonds. The number of hydrogen-bond acceptors (Lipinski definition) is 4. The van der Waals surface area contributed by atoms with Crippen molar-refractivity contribution in [2.45, 2.75) is 57.7 Å². The van der Waals surface area contributed by atoms with E-state index in [4.69, 9.17) is 18.9 Å². The van der Waals surface area contributed by atoms with E-state index < -0.39 is 0 Å². The van der Waals surface area contributed by atoms with E-state index in [0.29, 0.717) is 30.7 Å². The van der Waals surface area contributed by atoms with Gasteiger partial charge in [0.2, 0.25) is 0 Å². The van der Waals surface area contributed by atoms with Crippen LogP contribution in [-0.4, -0.2) is 50.5 Å². The molecule has 1 aromatic rings. The van der Waals surface area contributed by atoms with Crippen LogP contribution in [0, 0.1) is 11.3 Å². The summed E-state index contributed by atoms with van der Waals surface area (Å²) in [6.45, 7) is 7.84. The molecule has 0 aromatic carbocycles. The van der Waals surface area contributed by atoms with Crippen molar-refractivity contribution in [1.29, 1.82) is 0 Å². The smallest absolute Gasteiger partial charge is 0.191 e. The first-order valence-corrected chi connectivity index (χ1v) is 9.94. The van der Waals surface area contributed by atoms with Crippen molar-refractivity contribution >= 4 is 5.96 Å². The van der Waals surface area contributed by atoms with Crippen molar-refractivity contribution in [1.82, 2.24) is 10.6 Å². The van der Waals surface area contributed by atoms with Gasteiger partial charge in [-0.15, -0.1) is 0 Å². The third-order valence-corrected chi connectivity index (χ3v) is 6.16. The quantitative estimate of drug-likeness (QED) is 0.622. The van der Waals surface area contributed by atoms with Gasteiger partial charge in [0.05, 0.1) is 12.4 Å². The molecule has 6 heteroatoms. The summed E-state index contributed by atoms with van der Waals surface area (Å²) in [6.07, 6.45) is 6.12. The number of hydrogen-bond donors (Lipinski definition) is 2. The maximum absolute atomic E-state index is 5.93. The minimum absolute atomic E-state index is 0.139. The molecule has 2 saturated heterocycles. The van der Waals surface area contributed by atoms with Crippen LogP contribution in [0.1, 0.15) is 38.9 Å². The van der Waals surface area contributed by atoms with Crippen LogP contribution in [0.15, 0.2) is 27.8 Å². The molecule has 3 atom stereocenters. The minimum Gasteiger partial charge on any atom is -0.469 e. The first-order chi connectivity index (χ1) is 12.6. The molecule has 3 aliphatic rings. The second kappa shape index (κ2) is 7.61. The zero-order chi connectivity index (χ0) is 18.0. The van der Waals surface area contributed by atoms with E-state index in [0.717, 1.165) is 57.2 Å². The third-order valence-electron chi connectivity index (χ3n) is 6.16. The highest BCUT2D eigenvalue weighted by molar-refractivity contribution is 5.80. The van der Waals surface area contributed by atoms with Gasteiger partial charge >= 0.3 is 0 Å². The molecule has 3 unspecified atom stereocenters. The lowest BCUT2D eigenvalue weighted by molar-refractivity contribution is -0.107. The molecule has 0 bridgehead atoms. The van der Waals surface area contributed by atoms with E-state index in [9.17, 15) is 0 Å². The number of nitrogens with one attached hydrogen (secondary N) is 2. The van der Waals surface area contributed by atoms with E-state index in [1.165, 1.54) is 0 Å². The van der Waals surface area contributed by atoms with Crippen LogP contribution in [-0.2, 0) is 15.9 Å². The van der Waals surface area contributed by atoms with Crippen LogP contribution in [0.5, 0.6) is 0 Å². The molecule has 26 heavy (non-hydrogen) atoms. The number of rotatable bonds is 5. The van der Waals surface area contributed by atoms with Crippen LogP contribution >= 0.6 is 0 Å². The molecule has 3 fully saturated rings. The number of furan rings is 1. The Kier molecular flexibility index (Phi) is 5.23. The molecule has 2 aliphatic heterocycles. The third kappa shape index (κ3) is 3.62. The van der Waals surface area contributed by atoms with Crippen molar-refractivity contribution in [2.24, 2.45) is 16.3 Å². The summed E-state index contributed by atoms with van der Waals surface area (Å²) in [5.74, 6) is 2.50. The maximum Gasteiger partial charge on any atom is 0.191 e. The largest absolute Gasteiger partial charge is 0.469 e. The van der Waals surface area contributed by atoms with Gasteiger partial charge in [0.15, 0.2) is 5.96 Å². The number of aliphatic imine (C=N–C) groups is 1. The lowest BCUT2D eigenvalue weighted by Crippen LogP contribution is -2.68. The average Bonchev–Trinajstić information content (AvgIpc) is 3.31. The van der Waals surface area contributed by atoms with E-state index in [-0.39, 0.29) is 5.41 Å². The summed E-state index contributed by atoms with van der Waals surface area (Å²) in [5, 5.41) is 7.37. The van der Waals surface area contributed by atoms with Gasteiger partial charge in [0.1, 0.15) is 5.76 Å². The molecule has 1 saturated carbocycles. The highest BCUT2D eigenvalue weighted by Crippen LogP contribution is 2.52. The Bertz CT molecular complexity index is 608. The SMILES string of the molecule is CC1(C)C(NC(=NCCc2ccco2)NC2CCOCC2)C2CCOC21. The number of nitrogens with zero attached hydrogens (tertiary/aromatic N) is 1. The molecule has 1 aliphatic carbocycles. The Morgan fingerprint density at radius 3 is 2.81 bits per heavy atom. The molecule has 0 spiro atoms. The molecule has 1 aromatic heterocycles. The summed E-state index contributed by atoms with van der Waals surface area (Å²) in [7, 11) is 0. The molecular weight excluding hydrogens is 330 g/mol. The Morgan fingerprint density at radius 1 is 1.19 bits per heavy atom. The fourth-order valence-electron chi connectivity index (χ4n) is 4.67. The Morgan fingerprint density at radius 2 is 2.04 bits per heavy atom. The van der Waals surface area contributed by atoms with E-state index in [2.05, 4.69) is 24.5 Å². The zero-order valence-corrected chi connectivity index (χ0v) is 15.9. The molecular formula is C20H31N3O3. The molecule has 4 rings (SSSR count). The highest BCUT2D eigenvalue weighted by atomic mass is 16.5. The maximum atomic E-state index is 5.93. The van der Waals surface area contributed by atoms with Crippen LogP contribution in [0.3, 0.4) is 0 Å². The van der Waals surface area contributed by atoms with E-state index in [1.54, 1.807) is 6.26 Å². The normalized spacial score (nSPS) is 31.3. The van der Waals surface area contributed by atoms with Gasteiger partial charge in [-0.1, -0.05) is 13.8 Å². The van der Waals surface area contributed by atoms with Crippen LogP contribution in [0.2, 0.25) is 0 Å². The summed E-state index contributed by atoms with van der Waals surface area (Å²) in [4.78, 5) is 4.85. The predicted octanol–water partition coefficient (Wildman–Crippen LogP) is 2.35. The van der Waals surface area contributed by atoms with Gasteiger partial charge in [-0.25, -0.2) is 0 Å². The van der Waals surface area contributed by atoms with Gasteiger partial charge < -0.3 is 24.5 Å². The lowest BCUT2D eigenvalue weighted by Gasteiger charge is -2.55. The summed E-state index contributed by atoms with van der Waals surface area (Å²) in [6, 6.07) is 4.77. The summed E-state index contributed by atoms with van der Waals surface area (Å²) in [5.41, 5.74) is 0.139. The highest BCUT2D eigenvalue weighted by Gasteiger charge is 2.59. The van der Waals surface area contributed by atoms with E-state index in [1.807, 2.05) is 12.1 Å². The molecule has 0 radical (unpaired) electrons. The van der Waals surface area contributed by atoms with Crippen molar-refractivity contribution in [2.75, 3.05) is 26.4 Å². The van der Waals surface area contributed by atoms with Gasteiger partial charge in [0.25, 0.3) is 0 Å². The first-order valence-electron chi connectivity index (χ1n) is 9.94. The monoisotopic (exact) mass is 361 g/mol. The molecule has 144 valence electrons. The van der Waals surface area contributed by atoms with Gasteiger partial charge in [-0.05, 0) is 31.4 Å². The average molecular weight is 361 g/mol. The van der Waals surface area contributed by atoms with Gasteiger partial charge in [-0.2, -0.15) is 0 Å². The van der Waals surface area contributed by atoms with Crippen molar-refractivity contribution in [3.8, 4) is 0 Å². The Labute approximate surface area is 155 Å². The second-order valence-electron chi connectivity index (χ2n) is 8.28. The molecule has 6 nitrogen and oxygen atoms in total. The minimum atomic E-state index is 0.139. The topological polar surface area (TPSA) is 68.0 Å². The van der Waals surface area contributed by atoms with Gasteiger partial charge in [0, 0.05) is 56.2 Å². The number of guanidine groups is 1.